The van der Waals surface area contributed by atoms with Crippen molar-refractivity contribution in [2.24, 2.45) is 5.92 Å². The number of aliphatic hydroxyl groups excluding tert-OH is 1. The van der Waals surface area contributed by atoms with Gasteiger partial charge in [-0.2, -0.15) is 0 Å². The highest BCUT2D eigenvalue weighted by Crippen LogP contribution is 2.43. The van der Waals surface area contributed by atoms with E-state index in [-0.39, 0.29) is 18.6 Å². The molecule has 0 unspecified atom stereocenters. The lowest BCUT2D eigenvalue weighted by Crippen LogP contribution is -2.55. The number of fused-ring (bicyclic) bond motifs is 2. The summed E-state index contributed by atoms with van der Waals surface area (Å²) in [7, 11) is 0. The monoisotopic (exact) mass is 338 g/mol. The highest BCUT2D eigenvalue weighted by atomic mass is 16.5. The zero-order valence-corrected chi connectivity index (χ0v) is 15.6. The molecule has 0 spiro atoms. The smallest absolute Gasteiger partial charge is 0.0892 e. The first-order valence-electron chi connectivity index (χ1n) is 9.22. The molecule has 24 heavy (non-hydrogen) atoms. The van der Waals surface area contributed by atoms with Gasteiger partial charge >= 0.3 is 0 Å². The van der Waals surface area contributed by atoms with Crippen molar-refractivity contribution in [3.05, 3.63) is 23.8 Å². The van der Waals surface area contributed by atoms with Crippen molar-refractivity contribution in [1.29, 1.82) is 0 Å². The van der Waals surface area contributed by atoms with E-state index in [1.807, 2.05) is 32.1 Å². The Kier molecular flexibility index (Phi) is 5.96. The maximum absolute atomic E-state index is 10.8. The standard InChI is InChI=1S/C20H34O4/c1-15(2)20-12-10-18(3,22)9-5-6-16(14-21)7-8-17(24-20)19(4,23)11-13-20/h6,10,12,15,17,21-23H,5,7-9,11,13-14H2,1-4H3/t17-,18-,19-,20+/m0/s1. The van der Waals surface area contributed by atoms with Gasteiger partial charge in [0.25, 0.3) is 0 Å². The molecule has 0 aliphatic carbocycles. The van der Waals surface area contributed by atoms with E-state index in [1.54, 1.807) is 0 Å². The van der Waals surface area contributed by atoms with Crippen molar-refractivity contribution in [3.63, 3.8) is 0 Å². The normalized spacial score (nSPS) is 41.5. The molecule has 4 atom stereocenters. The van der Waals surface area contributed by atoms with Crippen LogP contribution in [0, 0.1) is 5.92 Å². The molecule has 1 fully saturated rings. The summed E-state index contributed by atoms with van der Waals surface area (Å²) in [5.41, 5.74) is -1.27. The van der Waals surface area contributed by atoms with Crippen LogP contribution in [0.25, 0.3) is 0 Å². The summed E-state index contributed by atoms with van der Waals surface area (Å²) < 4.78 is 6.45. The van der Waals surface area contributed by atoms with E-state index in [0.29, 0.717) is 25.7 Å². The van der Waals surface area contributed by atoms with Crippen LogP contribution in [-0.4, -0.2) is 44.8 Å². The van der Waals surface area contributed by atoms with Crippen LogP contribution in [0.15, 0.2) is 23.8 Å². The van der Waals surface area contributed by atoms with Gasteiger partial charge in [0.1, 0.15) is 0 Å². The molecule has 0 aromatic rings. The molecular formula is C20H34O4. The third-order valence-corrected chi connectivity index (χ3v) is 5.79. The van der Waals surface area contributed by atoms with Gasteiger partial charge in [0, 0.05) is 0 Å². The summed E-state index contributed by atoms with van der Waals surface area (Å²) in [5.74, 6) is 0.249. The molecule has 138 valence electrons. The number of aliphatic hydroxyl groups is 3. The van der Waals surface area contributed by atoms with Crippen LogP contribution in [0.5, 0.6) is 0 Å². The Morgan fingerprint density at radius 1 is 1.17 bits per heavy atom. The Hall–Kier alpha value is -0.680. The van der Waals surface area contributed by atoms with E-state index in [0.717, 1.165) is 18.4 Å². The molecule has 0 aromatic heterocycles. The van der Waals surface area contributed by atoms with Crippen molar-refractivity contribution in [3.8, 4) is 0 Å². The number of hydrogen-bond acceptors (Lipinski definition) is 4. The Bertz CT molecular complexity index is 490. The molecule has 4 nitrogen and oxygen atoms in total. The minimum absolute atomic E-state index is 0.0160. The predicted octanol–water partition coefficient (Wildman–Crippen LogP) is 3.11. The first kappa shape index (κ1) is 19.6. The lowest BCUT2D eigenvalue weighted by Gasteiger charge is -2.49. The molecule has 1 saturated heterocycles. The Labute approximate surface area is 146 Å². The number of allylic oxidation sites excluding steroid dienone is 1. The minimum Gasteiger partial charge on any atom is -0.392 e. The van der Waals surface area contributed by atoms with Crippen LogP contribution in [-0.2, 0) is 4.74 Å². The van der Waals surface area contributed by atoms with Gasteiger partial charge < -0.3 is 20.1 Å². The second-order valence-corrected chi connectivity index (χ2v) is 8.36. The van der Waals surface area contributed by atoms with Gasteiger partial charge in [-0.05, 0) is 63.9 Å². The molecule has 2 aliphatic heterocycles. The van der Waals surface area contributed by atoms with E-state index >= 15 is 0 Å². The Morgan fingerprint density at radius 3 is 2.50 bits per heavy atom. The fourth-order valence-corrected chi connectivity index (χ4v) is 3.70. The van der Waals surface area contributed by atoms with Gasteiger partial charge in [0.15, 0.2) is 0 Å². The molecule has 0 radical (unpaired) electrons. The van der Waals surface area contributed by atoms with E-state index in [2.05, 4.69) is 13.8 Å². The highest BCUT2D eigenvalue weighted by Gasteiger charge is 2.47. The maximum atomic E-state index is 10.8. The Morgan fingerprint density at radius 2 is 1.88 bits per heavy atom. The second kappa shape index (κ2) is 7.28. The molecule has 2 bridgehead atoms. The van der Waals surface area contributed by atoms with Crippen molar-refractivity contribution in [2.45, 2.75) is 89.1 Å². The fraction of sp³-hybridized carbons (Fsp3) is 0.800. The summed E-state index contributed by atoms with van der Waals surface area (Å²) in [5, 5.41) is 31.0. The zero-order chi connectivity index (χ0) is 18.0. The molecule has 0 amide bonds. The molecule has 2 aliphatic rings. The van der Waals surface area contributed by atoms with Crippen molar-refractivity contribution >= 4 is 0 Å². The molecule has 2 rings (SSSR count). The van der Waals surface area contributed by atoms with Gasteiger partial charge in [-0.1, -0.05) is 32.1 Å². The van der Waals surface area contributed by atoms with E-state index < -0.39 is 16.8 Å². The molecule has 4 heteroatoms. The van der Waals surface area contributed by atoms with Crippen molar-refractivity contribution in [1.82, 2.24) is 0 Å². The average molecular weight is 338 g/mol. The van der Waals surface area contributed by atoms with Crippen LogP contribution >= 0.6 is 0 Å². The molecule has 0 aromatic carbocycles. The van der Waals surface area contributed by atoms with Crippen LogP contribution in [0.1, 0.15) is 66.2 Å². The number of rotatable bonds is 2. The average Bonchev–Trinajstić information content (AvgIpc) is 2.49. The number of hydrogen-bond donors (Lipinski definition) is 3. The van der Waals surface area contributed by atoms with Crippen molar-refractivity contribution in [2.75, 3.05) is 6.61 Å². The molecule has 2 heterocycles. The lowest BCUT2D eigenvalue weighted by molar-refractivity contribution is -0.210. The minimum atomic E-state index is -0.906. The lowest BCUT2D eigenvalue weighted by atomic mass is 9.75. The zero-order valence-electron chi connectivity index (χ0n) is 15.6. The quantitative estimate of drug-likeness (QED) is 0.677. The maximum Gasteiger partial charge on any atom is 0.0892 e. The predicted molar refractivity (Wildman–Crippen MR) is 95.7 cm³/mol. The third kappa shape index (κ3) is 4.48. The van der Waals surface area contributed by atoms with Crippen LogP contribution in [0.4, 0.5) is 0 Å². The van der Waals surface area contributed by atoms with E-state index in [4.69, 9.17) is 4.74 Å². The summed E-state index contributed by atoms with van der Waals surface area (Å²) in [6, 6.07) is 0. The second-order valence-electron chi connectivity index (χ2n) is 8.36. The van der Waals surface area contributed by atoms with Gasteiger partial charge in [0.2, 0.25) is 0 Å². The fourth-order valence-electron chi connectivity index (χ4n) is 3.70. The number of ether oxygens (including phenoxy) is 1. The van der Waals surface area contributed by atoms with Gasteiger partial charge in [-0.15, -0.1) is 0 Å². The molecule has 0 saturated carbocycles. The SMILES string of the molecule is CC(C)[C@]12C=C[C@@](C)(O)CCC=C(CO)CC[C@H](O1)[C@@](C)(O)CC2. The summed E-state index contributed by atoms with van der Waals surface area (Å²) in [6.45, 7) is 7.92. The summed E-state index contributed by atoms with van der Waals surface area (Å²) >= 11 is 0. The van der Waals surface area contributed by atoms with Gasteiger partial charge in [-0.3, -0.25) is 0 Å². The molecular weight excluding hydrogens is 304 g/mol. The summed E-state index contributed by atoms with van der Waals surface area (Å²) in [4.78, 5) is 0. The van der Waals surface area contributed by atoms with Crippen LogP contribution in [0.2, 0.25) is 0 Å². The third-order valence-electron chi connectivity index (χ3n) is 5.79. The Balaban J connectivity index is 2.38. The van der Waals surface area contributed by atoms with Crippen molar-refractivity contribution < 1.29 is 20.1 Å². The van der Waals surface area contributed by atoms with Crippen LogP contribution < -0.4 is 0 Å². The topological polar surface area (TPSA) is 69.9 Å². The van der Waals surface area contributed by atoms with E-state index in [1.165, 1.54) is 0 Å². The van der Waals surface area contributed by atoms with Gasteiger partial charge in [-0.25, -0.2) is 0 Å². The van der Waals surface area contributed by atoms with E-state index in [9.17, 15) is 15.3 Å². The van der Waals surface area contributed by atoms with Crippen LogP contribution in [0.3, 0.4) is 0 Å². The summed E-state index contributed by atoms with van der Waals surface area (Å²) in [6.07, 6.45) is 9.76. The first-order chi connectivity index (χ1) is 11.1. The van der Waals surface area contributed by atoms with Gasteiger partial charge in [0.05, 0.1) is 29.5 Å². The highest BCUT2D eigenvalue weighted by molar-refractivity contribution is 5.15. The largest absolute Gasteiger partial charge is 0.392 e. The first-order valence-corrected chi connectivity index (χ1v) is 9.22. The molecule has 3 N–H and O–H groups in total.